The molecule has 0 radical (unpaired) electrons. The zero-order valence-electron chi connectivity index (χ0n) is 17.4. The number of carboxylic acid groups (broad SMARTS) is 1. The number of carbonyl (C=O) groups is 1. The molecule has 8 nitrogen and oxygen atoms in total. The number of sulfone groups is 1. The SMILES string of the molecule is CSc1sc(C(=N)N)cc1S(=O)(=O)c1cc(Br)c2ncn(CC3CC3)c2c1.O=C(O)C(F)(F)F. The normalized spacial score (nSPS) is 14.0. The number of amidine groups is 1. The average Bonchev–Trinajstić information content (AvgIpc) is 3.28. The number of nitrogen functional groups attached to an aromatic ring is 1. The number of nitrogens with two attached hydrogens (primary N) is 1. The van der Waals surface area contributed by atoms with Crippen LogP contribution in [0.15, 0.2) is 43.0 Å². The first-order valence-electron chi connectivity index (χ1n) is 9.47. The summed E-state index contributed by atoms with van der Waals surface area (Å²) in [5.74, 6) is -2.23. The number of nitrogens with one attached hydrogen (secondary N) is 1. The molecule has 4 N–H and O–H groups in total. The maximum absolute atomic E-state index is 13.3. The largest absolute Gasteiger partial charge is 0.490 e. The Morgan fingerprint density at radius 1 is 1.38 bits per heavy atom. The van der Waals surface area contributed by atoms with Gasteiger partial charge in [-0.2, -0.15) is 13.2 Å². The number of carboxylic acids is 1. The van der Waals surface area contributed by atoms with Crippen molar-refractivity contribution in [3.8, 4) is 0 Å². The van der Waals surface area contributed by atoms with Gasteiger partial charge >= 0.3 is 12.1 Å². The highest BCUT2D eigenvalue weighted by Gasteiger charge is 2.38. The highest BCUT2D eigenvalue weighted by atomic mass is 79.9. The van der Waals surface area contributed by atoms with Crippen LogP contribution in [0, 0.1) is 11.3 Å². The molecule has 4 rings (SSSR count). The van der Waals surface area contributed by atoms with Gasteiger partial charge in [0.2, 0.25) is 9.84 Å². The molecule has 0 spiro atoms. The van der Waals surface area contributed by atoms with Crippen molar-refractivity contribution in [2.45, 2.75) is 39.6 Å². The number of nitrogens with zero attached hydrogens (tertiary/aromatic N) is 2. The Hall–Kier alpha value is -2.10. The molecular weight excluding hydrogens is 581 g/mol. The average molecular weight is 599 g/mol. The van der Waals surface area contributed by atoms with Crippen molar-refractivity contribution in [3.63, 3.8) is 0 Å². The number of aromatic nitrogens is 2. The van der Waals surface area contributed by atoms with Gasteiger partial charge in [0, 0.05) is 11.0 Å². The molecule has 3 aromatic rings. The summed E-state index contributed by atoms with van der Waals surface area (Å²) in [6.07, 6.45) is 0.922. The van der Waals surface area contributed by atoms with Gasteiger partial charge in [0.1, 0.15) is 11.4 Å². The Bertz CT molecular complexity index is 1370. The lowest BCUT2D eigenvalue weighted by molar-refractivity contribution is -0.192. The number of alkyl halides is 3. The predicted molar refractivity (Wildman–Crippen MR) is 126 cm³/mol. The summed E-state index contributed by atoms with van der Waals surface area (Å²) in [5, 5.41) is 14.7. The fourth-order valence-electron chi connectivity index (χ4n) is 2.92. The van der Waals surface area contributed by atoms with Gasteiger partial charge in [-0.3, -0.25) is 5.41 Å². The number of rotatable bonds is 6. The number of hydrogen-bond acceptors (Lipinski definition) is 7. The number of fused-ring (bicyclic) bond motifs is 1. The van der Waals surface area contributed by atoms with Crippen LogP contribution in [-0.2, 0) is 21.2 Å². The third-order valence-corrected chi connectivity index (χ3v) is 9.69. The number of aliphatic carboxylic acids is 1. The van der Waals surface area contributed by atoms with Crippen molar-refractivity contribution in [2.75, 3.05) is 6.26 Å². The number of hydrogen-bond donors (Lipinski definition) is 3. The molecule has 0 amide bonds. The van der Waals surface area contributed by atoms with Crippen LogP contribution in [0.1, 0.15) is 17.7 Å². The lowest BCUT2D eigenvalue weighted by Gasteiger charge is -2.08. The smallest absolute Gasteiger partial charge is 0.475 e. The highest BCUT2D eigenvalue weighted by Crippen LogP contribution is 2.39. The Labute approximate surface area is 208 Å². The molecule has 0 atom stereocenters. The molecule has 34 heavy (non-hydrogen) atoms. The van der Waals surface area contributed by atoms with E-state index in [4.69, 9.17) is 21.0 Å². The van der Waals surface area contributed by atoms with Gasteiger partial charge in [-0.05, 0) is 59.1 Å². The molecule has 1 saturated carbocycles. The number of thiophene rings is 1. The molecule has 184 valence electrons. The molecule has 0 unspecified atom stereocenters. The molecule has 1 fully saturated rings. The summed E-state index contributed by atoms with van der Waals surface area (Å²) in [4.78, 5) is 14.2. The van der Waals surface area contributed by atoms with Gasteiger partial charge < -0.3 is 15.4 Å². The van der Waals surface area contributed by atoms with Crippen molar-refractivity contribution in [2.24, 2.45) is 11.7 Å². The van der Waals surface area contributed by atoms with Crippen LogP contribution in [0.5, 0.6) is 0 Å². The van der Waals surface area contributed by atoms with E-state index in [9.17, 15) is 21.6 Å². The Morgan fingerprint density at radius 2 is 2.00 bits per heavy atom. The van der Waals surface area contributed by atoms with Gasteiger partial charge in [0.25, 0.3) is 0 Å². The topological polar surface area (TPSA) is 139 Å². The molecule has 0 saturated heterocycles. The maximum Gasteiger partial charge on any atom is 0.490 e. The Balaban J connectivity index is 0.000000406. The van der Waals surface area contributed by atoms with Crippen LogP contribution < -0.4 is 5.73 Å². The summed E-state index contributed by atoms with van der Waals surface area (Å²) < 4.78 is 61.7. The molecule has 15 heteroatoms. The first-order valence-corrected chi connectivity index (χ1v) is 13.8. The van der Waals surface area contributed by atoms with Gasteiger partial charge in [0.05, 0.1) is 30.7 Å². The number of halogens is 4. The molecular formula is C19H18BrF3N4O4S3. The van der Waals surface area contributed by atoms with E-state index in [2.05, 4.69) is 20.9 Å². The van der Waals surface area contributed by atoms with Crippen molar-refractivity contribution in [3.05, 3.63) is 33.9 Å². The van der Waals surface area contributed by atoms with E-state index < -0.39 is 22.0 Å². The van der Waals surface area contributed by atoms with Crippen LogP contribution >= 0.6 is 39.0 Å². The van der Waals surface area contributed by atoms with E-state index in [1.54, 1.807) is 18.5 Å². The van der Waals surface area contributed by atoms with Crippen LogP contribution in [0.25, 0.3) is 11.0 Å². The molecule has 0 bridgehead atoms. The lowest BCUT2D eigenvalue weighted by atomic mass is 10.3. The Kier molecular flexibility index (Phi) is 7.70. The van der Waals surface area contributed by atoms with E-state index in [0.717, 1.165) is 17.6 Å². The molecule has 2 aromatic heterocycles. The molecule has 1 aromatic carbocycles. The van der Waals surface area contributed by atoms with Gasteiger partial charge in [0.15, 0.2) is 0 Å². The summed E-state index contributed by atoms with van der Waals surface area (Å²) in [6.45, 7) is 0.857. The molecule has 0 aliphatic heterocycles. The van der Waals surface area contributed by atoms with Crippen molar-refractivity contribution in [1.29, 1.82) is 5.41 Å². The monoisotopic (exact) mass is 598 g/mol. The van der Waals surface area contributed by atoms with Crippen LogP contribution in [0.3, 0.4) is 0 Å². The first kappa shape index (κ1) is 26.5. The van der Waals surface area contributed by atoms with Gasteiger partial charge in [-0.25, -0.2) is 18.2 Å². The summed E-state index contributed by atoms with van der Waals surface area (Å²) in [6, 6.07) is 4.79. The van der Waals surface area contributed by atoms with E-state index in [1.807, 2.05) is 10.8 Å². The minimum atomic E-state index is -5.08. The minimum Gasteiger partial charge on any atom is -0.475 e. The molecule has 1 aliphatic rings. The third-order valence-electron chi connectivity index (χ3n) is 4.76. The third kappa shape index (κ3) is 5.75. The standard InChI is InChI=1S/C17H17BrN4O2S3.C2HF3O2/c1-25-17-14(6-13(26-17)16(19)20)27(23,24)10-4-11(18)15-12(5-10)22(8-21-15)7-9-2-3-9;3-2(4,5)1(6)7/h4-6,8-9H,2-3,7H2,1H3,(H3,19,20);(H,6,7). The van der Waals surface area contributed by atoms with Crippen LogP contribution in [0.4, 0.5) is 13.2 Å². The van der Waals surface area contributed by atoms with E-state index in [-0.39, 0.29) is 15.6 Å². The number of thioether (sulfide) groups is 1. The lowest BCUT2D eigenvalue weighted by Crippen LogP contribution is -2.21. The summed E-state index contributed by atoms with van der Waals surface area (Å²) in [7, 11) is -3.75. The van der Waals surface area contributed by atoms with Gasteiger partial charge in [-0.1, -0.05) is 0 Å². The zero-order valence-corrected chi connectivity index (χ0v) is 21.4. The Morgan fingerprint density at radius 3 is 2.50 bits per heavy atom. The van der Waals surface area contributed by atoms with Crippen LogP contribution in [0.2, 0.25) is 0 Å². The second-order valence-electron chi connectivity index (χ2n) is 7.30. The summed E-state index contributed by atoms with van der Waals surface area (Å²) >= 11 is 6.04. The predicted octanol–water partition coefficient (Wildman–Crippen LogP) is 4.74. The first-order chi connectivity index (χ1) is 15.8. The minimum absolute atomic E-state index is 0.129. The van der Waals surface area contributed by atoms with E-state index >= 15 is 0 Å². The summed E-state index contributed by atoms with van der Waals surface area (Å²) in [5.41, 5.74) is 7.13. The van der Waals surface area contributed by atoms with Crippen molar-refractivity contribution < 1.29 is 31.5 Å². The maximum atomic E-state index is 13.3. The van der Waals surface area contributed by atoms with Gasteiger partial charge in [-0.15, -0.1) is 23.1 Å². The number of imidazole rings is 1. The fraction of sp³-hybridized carbons (Fsp3) is 0.316. The highest BCUT2D eigenvalue weighted by molar-refractivity contribution is 9.10. The quantitative estimate of drug-likeness (QED) is 0.211. The second-order valence-corrected chi connectivity index (χ2v) is 12.2. The van der Waals surface area contributed by atoms with Crippen molar-refractivity contribution in [1.82, 2.24) is 9.55 Å². The molecule has 1 aliphatic carbocycles. The second kappa shape index (κ2) is 9.87. The zero-order chi connectivity index (χ0) is 25.4. The van der Waals surface area contributed by atoms with Crippen molar-refractivity contribution >= 4 is 71.7 Å². The number of benzene rings is 1. The van der Waals surface area contributed by atoms with Crippen LogP contribution in [-0.4, -0.2) is 47.3 Å². The molecule has 2 heterocycles. The fourth-order valence-corrected chi connectivity index (χ4v) is 7.53. The van der Waals surface area contributed by atoms with E-state index in [0.29, 0.717) is 19.5 Å². The van der Waals surface area contributed by atoms with E-state index in [1.165, 1.54) is 42.0 Å².